The zero-order valence-corrected chi connectivity index (χ0v) is 24.3. The molecule has 2 N–H and O–H groups in total. The van der Waals surface area contributed by atoms with E-state index in [1.165, 1.54) is 18.2 Å². The number of nitrogens with one attached hydrogen (secondary N) is 1. The van der Waals surface area contributed by atoms with Gasteiger partial charge in [0, 0.05) is 12.5 Å². The summed E-state index contributed by atoms with van der Waals surface area (Å²) in [6, 6.07) is 3.83. The number of esters is 1. The molecule has 1 atom stereocenters. The number of carbonyl (C=O) groups excluding carboxylic acids is 3. The minimum atomic E-state index is -2.09. The Morgan fingerprint density at radius 3 is 1.93 bits per heavy atom. The van der Waals surface area contributed by atoms with Crippen molar-refractivity contribution in [3.63, 3.8) is 0 Å². The molecule has 0 aromatic heterocycles. The van der Waals surface area contributed by atoms with Crippen LogP contribution in [0.2, 0.25) is 0 Å². The van der Waals surface area contributed by atoms with E-state index in [1.807, 2.05) is 27.7 Å². The molecule has 1 aliphatic rings. The SMILES string of the molecule is CC(C)COC(=O)Oc1ccc(C[C@](NC(C)C)(OC(=O)C2CCCCC2)C(=O)O)cc1OC(=O)OCC(C)C. The average molecular weight is 566 g/mol. The van der Waals surface area contributed by atoms with Crippen molar-refractivity contribution in [1.29, 1.82) is 0 Å². The van der Waals surface area contributed by atoms with Crippen molar-refractivity contribution < 1.29 is 48.0 Å². The maximum atomic E-state index is 13.0. The summed E-state index contributed by atoms with van der Waals surface area (Å²) >= 11 is 0. The molecule has 0 amide bonds. The van der Waals surface area contributed by atoms with Crippen LogP contribution in [0.15, 0.2) is 18.2 Å². The molecule has 2 rings (SSSR count). The molecule has 0 bridgehead atoms. The Bertz CT molecular complexity index is 1020. The Kier molecular flexibility index (Phi) is 12.7. The Morgan fingerprint density at radius 1 is 0.875 bits per heavy atom. The third kappa shape index (κ3) is 10.7. The predicted molar refractivity (Wildman–Crippen MR) is 145 cm³/mol. The maximum absolute atomic E-state index is 13.0. The lowest BCUT2D eigenvalue weighted by Crippen LogP contribution is -2.59. The molecule has 1 aliphatic carbocycles. The van der Waals surface area contributed by atoms with Crippen LogP contribution in [-0.2, 0) is 30.2 Å². The van der Waals surface area contributed by atoms with Gasteiger partial charge in [-0.05, 0) is 56.2 Å². The van der Waals surface area contributed by atoms with Gasteiger partial charge < -0.3 is 28.8 Å². The molecule has 0 aliphatic heterocycles. The standard InChI is InChI=1S/C29H43NO10/c1-18(2)16-36-27(34)38-23-13-12-21(14-24(23)39-28(35)37-17-19(3)4)15-29(26(32)33,30-20(5)6)40-25(31)22-10-8-7-9-11-22/h12-14,18-20,22,30H,7-11,15-17H2,1-6H3,(H,32,33)/t29-/m0/s1. The quantitative estimate of drug-likeness (QED) is 0.136. The number of carbonyl (C=O) groups is 4. The van der Waals surface area contributed by atoms with Crippen LogP contribution in [0.5, 0.6) is 11.5 Å². The lowest BCUT2D eigenvalue weighted by atomic mass is 9.89. The summed E-state index contributed by atoms with van der Waals surface area (Å²) in [4.78, 5) is 50.2. The van der Waals surface area contributed by atoms with Gasteiger partial charge in [-0.3, -0.25) is 10.1 Å². The minimum Gasteiger partial charge on any atom is -0.477 e. The van der Waals surface area contributed by atoms with Gasteiger partial charge in [0.25, 0.3) is 5.72 Å². The van der Waals surface area contributed by atoms with E-state index >= 15 is 0 Å². The van der Waals surface area contributed by atoms with Crippen LogP contribution in [0.1, 0.15) is 79.2 Å². The van der Waals surface area contributed by atoms with Crippen molar-refractivity contribution in [3.05, 3.63) is 23.8 Å². The van der Waals surface area contributed by atoms with Gasteiger partial charge >= 0.3 is 24.2 Å². The summed E-state index contributed by atoms with van der Waals surface area (Å²) in [5, 5.41) is 13.2. The molecule has 0 radical (unpaired) electrons. The molecule has 0 saturated heterocycles. The zero-order chi connectivity index (χ0) is 29.9. The van der Waals surface area contributed by atoms with Crippen LogP contribution in [0.3, 0.4) is 0 Å². The number of aliphatic carboxylic acids is 1. The molecular weight excluding hydrogens is 522 g/mol. The van der Waals surface area contributed by atoms with Crippen LogP contribution >= 0.6 is 0 Å². The Balaban J connectivity index is 2.38. The summed E-state index contributed by atoms with van der Waals surface area (Å²) in [5.74, 6) is -2.50. The smallest absolute Gasteiger partial charge is 0.477 e. The second kappa shape index (κ2) is 15.4. The lowest BCUT2D eigenvalue weighted by molar-refractivity contribution is -0.188. The lowest BCUT2D eigenvalue weighted by Gasteiger charge is -2.34. The first-order valence-corrected chi connectivity index (χ1v) is 13.9. The molecule has 1 aromatic carbocycles. The van der Waals surface area contributed by atoms with E-state index in [2.05, 4.69) is 5.32 Å². The van der Waals surface area contributed by atoms with Gasteiger partial charge in [-0.15, -0.1) is 0 Å². The largest absolute Gasteiger partial charge is 0.513 e. The zero-order valence-electron chi connectivity index (χ0n) is 24.3. The van der Waals surface area contributed by atoms with Gasteiger partial charge in [0.1, 0.15) is 0 Å². The molecular formula is C29H43NO10. The second-order valence-electron chi connectivity index (χ2n) is 11.3. The summed E-state index contributed by atoms with van der Waals surface area (Å²) < 4.78 is 26.4. The van der Waals surface area contributed by atoms with Crippen molar-refractivity contribution in [1.82, 2.24) is 5.32 Å². The van der Waals surface area contributed by atoms with Gasteiger partial charge in [-0.2, -0.15) is 0 Å². The Morgan fingerprint density at radius 2 is 1.43 bits per heavy atom. The fourth-order valence-corrected chi connectivity index (χ4v) is 4.18. The van der Waals surface area contributed by atoms with Crippen molar-refractivity contribution in [2.45, 2.75) is 91.8 Å². The van der Waals surface area contributed by atoms with E-state index in [4.69, 9.17) is 23.7 Å². The highest BCUT2D eigenvalue weighted by Crippen LogP contribution is 2.32. The average Bonchev–Trinajstić information content (AvgIpc) is 2.87. The van der Waals surface area contributed by atoms with E-state index in [-0.39, 0.29) is 54.9 Å². The van der Waals surface area contributed by atoms with Gasteiger partial charge in [0.05, 0.1) is 19.1 Å². The third-order valence-corrected chi connectivity index (χ3v) is 6.00. The molecule has 0 heterocycles. The van der Waals surface area contributed by atoms with Gasteiger partial charge in [-0.25, -0.2) is 14.4 Å². The normalized spacial score (nSPS) is 15.4. The monoisotopic (exact) mass is 565 g/mol. The molecule has 11 nitrogen and oxygen atoms in total. The van der Waals surface area contributed by atoms with Crippen LogP contribution in [0, 0.1) is 17.8 Å². The molecule has 11 heteroatoms. The molecule has 1 aromatic rings. The summed E-state index contributed by atoms with van der Waals surface area (Å²) in [5.41, 5.74) is -1.75. The Hall–Kier alpha value is -3.34. The predicted octanol–water partition coefficient (Wildman–Crippen LogP) is 5.47. The fourth-order valence-electron chi connectivity index (χ4n) is 4.18. The maximum Gasteiger partial charge on any atom is 0.513 e. The summed E-state index contributed by atoms with van der Waals surface area (Å²) in [7, 11) is 0. The molecule has 0 unspecified atom stereocenters. The Labute approximate surface area is 235 Å². The molecule has 224 valence electrons. The molecule has 40 heavy (non-hydrogen) atoms. The van der Waals surface area contributed by atoms with Gasteiger partial charge in [0.15, 0.2) is 11.5 Å². The second-order valence-corrected chi connectivity index (χ2v) is 11.3. The number of hydrogen-bond donors (Lipinski definition) is 2. The van der Waals surface area contributed by atoms with E-state index in [1.54, 1.807) is 13.8 Å². The number of benzene rings is 1. The van der Waals surface area contributed by atoms with Crippen LogP contribution in [0.25, 0.3) is 0 Å². The highest BCUT2D eigenvalue weighted by Gasteiger charge is 2.45. The van der Waals surface area contributed by atoms with E-state index < -0.39 is 30.0 Å². The van der Waals surface area contributed by atoms with Crippen LogP contribution in [-0.4, -0.2) is 54.3 Å². The van der Waals surface area contributed by atoms with E-state index in [9.17, 15) is 24.3 Å². The first kappa shape index (κ1) is 32.9. The van der Waals surface area contributed by atoms with E-state index in [0.29, 0.717) is 18.4 Å². The van der Waals surface area contributed by atoms with Gasteiger partial charge in [0.2, 0.25) is 0 Å². The van der Waals surface area contributed by atoms with Crippen molar-refractivity contribution in [3.8, 4) is 11.5 Å². The van der Waals surface area contributed by atoms with Crippen LogP contribution < -0.4 is 14.8 Å². The first-order valence-electron chi connectivity index (χ1n) is 13.9. The molecule has 1 fully saturated rings. The van der Waals surface area contributed by atoms with Crippen molar-refractivity contribution in [2.75, 3.05) is 13.2 Å². The summed E-state index contributed by atoms with van der Waals surface area (Å²) in [6.07, 6.45) is 1.76. The topological polar surface area (TPSA) is 147 Å². The third-order valence-electron chi connectivity index (χ3n) is 6.00. The highest BCUT2D eigenvalue weighted by atomic mass is 16.7. The molecule has 0 spiro atoms. The first-order chi connectivity index (χ1) is 18.8. The minimum absolute atomic E-state index is 0.0535. The van der Waals surface area contributed by atoms with E-state index in [0.717, 1.165) is 19.3 Å². The van der Waals surface area contributed by atoms with Gasteiger partial charge in [-0.1, -0.05) is 53.0 Å². The number of hydrogen-bond acceptors (Lipinski definition) is 10. The number of carboxylic acids is 1. The summed E-state index contributed by atoms with van der Waals surface area (Å²) in [6.45, 7) is 11.1. The highest BCUT2D eigenvalue weighted by molar-refractivity contribution is 5.83. The van der Waals surface area contributed by atoms with Crippen molar-refractivity contribution >= 4 is 24.2 Å². The fraction of sp³-hybridized carbons (Fsp3) is 0.655. The van der Waals surface area contributed by atoms with Crippen LogP contribution in [0.4, 0.5) is 9.59 Å². The number of carboxylic acid groups (broad SMARTS) is 1. The number of rotatable bonds is 13. The van der Waals surface area contributed by atoms with Crippen molar-refractivity contribution in [2.24, 2.45) is 17.8 Å². The number of ether oxygens (including phenoxy) is 5. The molecule has 1 saturated carbocycles.